The lowest BCUT2D eigenvalue weighted by Gasteiger charge is -2.32. The molecule has 2 heterocycles. The Labute approximate surface area is 132 Å². The van der Waals surface area contributed by atoms with Crippen molar-refractivity contribution in [1.82, 2.24) is 19.7 Å². The summed E-state index contributed by atoms with van der Waals surface area (Å²) in [4.78, 5) is 14.1. The Kier molecular flexibility index (Phi) is 4.24. The maximum absolute atomic E-state index is 14.1. The predicted molar refractivity (Wildman–Crippen MR) is 78.6 cm³/mol. The normalized spacial score (nSPS) is 18.0. The van der Waals surface area contributed by atoms with Gasteiger partial charge in [-0.2, -0.15) is 0 Å². The molecule has 1 atom stereocenters. The van der Waals surface area contributed by atoms with E-state index < -0.39 is 5.82 Å². The highest BCUT2D eigenvalue weighted by molar-refractivity contribution is 5.94. The van der Waals surface area contributed by atoms with E-state index in [0.717, 1.165) is 0 Å². The average Bonchev–Trinajstić information content (AvgIpc) is 3.00. The molecule has 7 nitrogen and oxygen atoms in total. The van der Waals surface area contributed by atoms with E-state index in [4.69, 9.17) is 9.47 Å². The number of aromatic nitrogens is 3. The molecule has 0 unspecified atom stereocenters. The van der Waals surface area contributed by atoms with E-state index in [2.05, 4.69) is 10.2 Å². The number of morpholine rings is 1. The molecule has 1 aliphatic rings. The number of ether oxygens (including phenoxy) is 2. The molecule has 0 bridgehead atoms. The molecule has 1 amide bonds. The number of hydrogen-bond acceptors (Lipinski definition) is 5. The second kappa shape index (κ2) is 6.33. The number of nitrogens with zero attached hydrogens (tertiary/aromatic N) is 4. The summed E-state index contributed by atoms with van der Waals surface area (Å²) in [7, 11) is 3.26. The van der Waals surface area contributed by atoms with E-state index in [-0.39, 0.29) is 17.6 Å². The van der Waals surface area contributed by atoms with Gasteiger partial charge in [0.2, 0.25) is 0 Å². The summed E-state index contributed by atoms with van der Waals surface area (Å²) in [6.07, 6.45) is 1.20. The minimum Gasteiger partial charge on any atom is -0.497 e. The number of rotatable bonds is 3. The molecule has 1 aliphatic heterocycles. The molecule has 23 heavy (non-hydrogen) atoms. The van der Waals surface area contributed by atoms with Crippen LogP contribution in [0.4, 0.5) is 4.39 Å². The highest BCUT2D eigenvalue weighted by Crippen LogP contribution is 2.23. The Morgan fingerprint density at radius 1 is 1.48 bits per heavy atom. The maximum atomic E-state index is 14.1. The molecule has 1 saturated heterocycles. The van der Waals surface area contributed by atoms with Gasteiger partial charge in [0.1, 0.15) is 24.0 Å². The number of aryl methyl sites for hydroxylation is 1. The first-order valence-electron chi connectivity index (χ1n) is 7.18. The molecule has 0 spiro atoms. The zero-order valence-corrected chi connectivity index (χ0v) is 12.9. The van der Waals surface area contributed by atoms with Crippen LogP contribution in [-0.2, 0) is 11.8 Å². The van der Waals surface area contributed by atoms with E-state index in [1.807, 2.05) is 7.05 Å². The van der Waals surface area contributed by atoms with Crippen LogP contribution in [0.15, 0.2) is 24.5 Å². The molecule has 3 rings (SSSR count). The smallest absolute Gasteiger partial charge is 0.257 e. The van der Waals surface area contributed by atoms with E-state index in [1.165, 1.54) is 19.2 Å². The molecular weight excluding hydrogens is 303 g/mol. The second-order valence-corrected chi connectivity index (χ2v) is 5.26. The minimum atomic E-state index is -0.601. The monoisotopic (exact) mass is 320 g/mol. The average molecular weight is 320 g/mol. The van der Waals surface area contributed by atoms with Gasteiger partial charge in [-0.15, -0.1) is 10.2 Å². The molecule has 0 N–H and O–H groups in total. The largest absolute Gasteiger partial charge is 0.497 e. The van der Waals surface area contributed by atoms with Crippen molar-refractivity contribution in [3.63, 3.8) is 0 Å². The Bertz CT molecular complexity index is 718. The molecular formula is C15H17FN4O3. The molecule has 0 saturated carbocycles. The van der Waals surface area contributed by atoms with Crippen molar-refractivity contribution in [2.45, 2.75) is 6.10 Å². The van der Waals surface area contributed by atoms with Crippen LogP contribution in [0.2, 0.25) is 0 Å². The van der Waals surface area contributed by atoms with Crippen LogP contribution in [0.3, 0.4) is 0 Å². The van der Waals surface area contributed by atoms with Gasteiger partial charge in [-0.3, -0.25) is 4.79 Å². The Morgan fingerprint density at radius 3 is 2.96 bits per heavy atom. The van der Waals surface area contributed by atoms with Crippen molar-refractivity contribution in [2.24, 2.45) is 7.05 Å². The number of halogens is 1. The van der Waals surface area contributed by atoms with Crippen LogP contribution in [0.1, 0.15) is 22.3 Å². The van der Waals surface area contributed by atoms with Gasteiger partial charge in [-0.1, -0.05) is 0 Å². The maximum Gasteiger partial charge on any atom is 0.257 e. The topological polar surface area (TPSA) is 69.5 Å². The first-order chi connectivity index (χ1) is 11.1. The third-order valence-corrected chi connectivity index (χ3v) is 3.79. The van der Waals surface area contributed by atoms with Crippen LogP contribution in [-0.4, -0.2) is 52.4 Å². The zero-order valence-electron chi connectivity index (χ0n) is 12.9. The van der Waals surface area contributed by atoms with Gasteiger partial charge < -0.3 is 18.9 Å². The fraction of sp³-hybridized carbons (Fsp3) is 0.400. The van der Waals surface area contributed by atoms with E-state index in [0.29, 0.717) is 31.3 Å². The van der Waals surface area contributed by atoms with Gasteiger partial charge in [0.15, 0.2) is 5.82 Å². The lowest BCUT2D eigenvalue weighted by molar-refractivity contribution is -0.0282. The molecule has 2 aromatic rings. The van der Waals surface area contributed by atoms with Crippen LogP contribution in [0.5, 0.6) is 5.75 Å². The van der Waals surface area contributed by atoms with Crippen LogP contribution in [0.25, 0.3) is 0 Å². The number of carbonyl (C=O) groups is 1. The second-order valence-electron chi connectivity index (χ2n) is 5.26. The van der Waals surface area contributed by atoms with Gasteiger partial charge in [-0.25, -0.2) is 4.39 Å². The summed E-state index contributed by atoms with van der Waals surface area (Å²) in [5.74, 6) is 0.0346. The summed E-state index contributed by atoms with van der Waals surface area (Å²) in [6.45, 7) is 1.07. The lowest BCUT2D eigenvalue weighted by Crippen LogP contribution is -2.43. The zero-order chi connectivity index (χ0) is 16.4. The number of hydrogen-bond donors (Lipinski definition) is 0. The van der Waals surface area contributed by atoms with Gasteiger partial charge in [-0.05, 0) is 12.1 Å². The number of amides is 1. The molecule has 0 aliphatic carbocycles. The Morgan fingerprint density at radius 2 is 2.30 bits per heavy atom. The van der Waals surface area contributed by atoms with E-state index in [9.17, 15) is 9.18 Å². The van der Waals surface area contributed by atoms with Crippen molar-refractivity contribution < 1.29 is 18.7 Å². The number of carbonyl (C=O) groups excluding carboxylic acids is 1. The molecule has 8 heteroatoms. The van der Waals surface area contributed by atoms with Crippen LogP contribution in [0, 0.1) is 5.82 Å². The van der Waals surface area contributed by atoms with Crippen LogP contribution < -0.4 is 4.74 Å². The molecule has 0 radical (unpaired) electrons. The van der Waals surface area contributed by atoms with Crippen molar-refractivity contribution in [2.75, 3.05) is 26.8 Å². The van der Waals surface area contributed by atoms with Gasteiger partial charge >= 0.3 is 0 Å². The Balaban J connectivity index is 1.78. The Hall–Kier alpha value is -2.48. The first kappa shape index (κ1) is 15.4. The van der Waals surface area contributed by atoms with Gasteiger partial charge in [0.25, 0.3) is 5.91 Å². The molecule has 1 fully saturated rings. The lowest BCUT2D eigenvalue weighted by atomic mass is 10.1. The third-order valence-electron chi connectivity index (χ3n) is 3.79. The fourth-order valence-electron chi connectivity index (χ4n) is 2.54. The highest BCUT2D eigenvalue weighted by atomic mass is 19.1. The highest BCUT2D eigenvalue weighted by Gasteiger charge is 2.29. The predicted octanol–water partition coefficient (Wildman–Crippen LogP) is 1.18. The van der Waals surface area contributed by atoms with E-state index in [1.54, 1.807) is 21.9 Å². The van der Waals surface area contributed by atoms with Crippen LogP contribution >= 0.6 is 0 Å². The summed E-state index contributed by atoms with van der Waals surface area (Å²) < 4.78 is 26.4. The summed E-state index contributed by atoms with van der Waals surface area (Å²) in [5.41, 5.74) is 0.0180. The number of benzene rings is 1. The standard InChI is InChI=1S/C15H17FN4O3/c1-19-9-17-18-14(19)13-8-20(5-6-23-13)15(21)11-4-3-10(22-2)7-12(11)16/h3-4,7,9,13H,5-6,8H2,1-2H3/t13-/m1/s1. The van der Waals surface area contributed by atoms with Gasteiger partial charge in [0.05, 0.1) is 25.8 Å². The molecule has 122 valence electrons. The SMILES string of the molecule is COc1ccc(C(=O)N2CCO[C@@H](c3nncn3C)C2)c(F)c1. The van der Waals surface area contributed by atoms with Gasteiger partial charge in [0, 0.05) is 19.7 Å². The first-order valence-corrected chi connectivity index (χ1v) is 7.18. The van der Waals surface area contributed by atoms with Crippen molar-refractivity contribution in [1.29, 1.82) is 0 Å². The fourth-order valence-corrected chi connectivity index (χ4v) is 2.54. The summed E-state index contributed by atoms with van der Waals surface area (Å²) in [6, 6.07) is 4.20. The summed E-state index contributed by atoms with van der Waals surface area (Å²) >= 11 is 0. The number of methoxy groups -OCH3 is 1. The van der Waals surface area contributed by atoms with Crippen molar-refractivity contribution in [3.05, 3.63) is 41.7 Å². The third kappa shape index (κ3) is 3.02. The minimum absolute atomic E-state index is 0.0180. The summed E-state index contributed by atoms with van der Waals surface area (Å²) in [5, 5.41) is 7.82. The van der Waals surface area contributed by atoms with E-state index >= 15 is 0 Å². The van der Waals surface area contributed by atoms with Crippen molar-refractivity contribution >= 4 is 5.91 Å². The quantitative estimate of drug-likeness (QED) is 0.849. The molecule has 1 aromatic heterocycles. The van der Waals surface area contributed by atoms with Crippen molar-refractivity contribution in [3.8, 4) is 5.75 Å². The molecule has 1 aromatic carbocycles.